The molecule has 4 rings (SSSR count). The molecule has 0 unspecified atom stereocenters. The lowest BCUT2D eigenvalue weighted by Gasteiger charge is -2.27. The van der Waals surface area contributed by atoms with Gasteiger partial charge in [-0.3, -0.25) is 9.59 Å². The number of ether oxygens (including phenoxy) is 1. The third-order valence-corrected chi connectivity index (χ3v) is 5.88. The van der Waals surface area contributed by atoms with Crippen molar-refractivity contribution < 1.29 is 23.5 Å². The fourth-order valence-electron chi connectivity index (χ4n) is 4.41. The zero-order valence-electron chi connectivity index (χ0n) is 17.9. The number of benzene rings is 2. The van der Waals surface area contributed by atoms with Gasteiger partial charge in [0, 0.05) is 11.7 Å². The molecule has 168 valence electrons. The first-order valence-electron chi connectivity index (χ1n) is 10.9. The number of nitrogens with one attached hydrogen (secondary N) is 1. The second kappa shape index (κ2) is 9.38. The topological polar surface area (TPSA) is 79.0 Å². The van der Waals surface area contributed by atoms with Crippen LogP contribution in [-0.4, -0.2) is 41.4 Å². The quantitative estimate of drug-likeness (QED) is 0.651. The summed E-state index contributed by atoms with van der Waals surface area (Å²) in [5.41, 5.74) is 0.886. The summed E-state index contributed by atoms with van der Waals surface area (Å²) in [6, 6.07) is 10.8. The maximum atomic E-state index is 13.4. The monoisotopic (exact) mass is 439 g/mol. The van der Waals surface area contributed by atoms with E-state index < -0.39 is 23.8 Å². The van der Waals surface area contributed by atoms with E-state index in [4.69, 9.17) is 4.74 Å². The van der Waals surface area contributed by atoms with Gasteiger partial charge in [0.1, 0.15) is 17.6 Å². The van der Waals surface area contributed by atoms with Crippen molar-refractivity contribution in [3.63, 3.8) is 0 Å². The average molecular weight is 439 g/mol. The van der Waals surface area contributed by atoms with Crippen LogP contribution >= 0.6 is 0 Å². The van der Waals surface area contributed by atoms with Crippen molar-refractivity contribution in [1.29, 1.82) is 0 Å². The Morgan fingerprint density at radius 3 is 2.34 bits per heavy atom. The van der Waals surface area contributed by atoms with Gasteiger partial charge in [-0.1, -0.05) is 12.8 Å². The molecule has 8 heteroatoms. The summed E-state index contributed by atoms with van der Waals surface area (Å²) in [6.45, 7) is 2.44. The van der Waals surface area contributed by atoms with Crippen molar-refractivity contribution in [3.8, 4) is 5.75 Å². The molecule has 1 aliphatic heterocycles. The molecule has 4 amide bonds. The Morgan fingerprint density at radius 2 is 1.72 bits per heavy atom. The number of amides is 4. The lowest BCUT2D eigenvalue weighted by atomic mass is 10.1. The van der Waals surface area contributed by atoms with Crippen LogP contribution in [0, 0.1) is 5.82 Å². The second-order valence-corrected chi connectivity index (χ2v) is 8.00. The van der Waals surface area contributed by atoms with Crippen molar-refractivity contribution in [1.82, 2.24) is 4.90 Å². The lowest BCUT2D eigenvalue weighted by Crippen LogP contribution is -2.43. The predicted molar refractivity (Wildman–Crippen MR) is 118 cm³/mol. The van der Waals surface area contributed by atoms with Crippen LogP contribution in [0.25, 0.3) is 0 Å². The standard InChI is InChI=1S/C24H26FN3O4/c1-2-32-20-13-9-17(10-14-20)26-22(29)15-21-23(30)28(19-11-7-16(25)8-12-19)24(31)27(21)18-5-3-4-6-18/h7-14,18,21H,2-6,15H2,1H3,(H,26,29)/t21-/m1/s1. The van der Waals surface area contributed by atoms with Gasteiger partial charge in [-0.25, -0.2) is 14.1 Å². The second-order valence-electron chi connectivity index (χ2n) is 8.00. The first kappa shape index (κ1) is 21.8. The van der Waals surface area contributed by atoms with Crippen LogP contribution in [0.5, 0.6) is 5.75 Å². The van der Waals surface area contributed by atoms with E-state index in [9.17, 15) is 18.8 Å². The van der Waals surface area contributed by atoms with Gasteiger partial charge in [0.05, 0.1) is 18.7 Å². The molecule has 1 heterocycles. The van der Waals surface area contributed by atoms with Crippen LogP contribution in [0.1, 0.15) is 39.0 Å². The SMILES string of the molecule is CCOc1ccc(NC(=O)C[C@@H]2C(=O)N(c3ccc(F)cc3)C(=O)N2C2CCCC2)cc1. The maximum Gasteiger partial charge on any atom is 0.332 e. The number of hydrogen-bond donors (Lipinski definition) is 1. The maximum absolute atomic E-state index is 13.4. The summed E-state index contributed by atoms with van der Waals surface area (Å²) in [5.74, 6) is -0.573. The van der Waals surface area contributed by atoms with Gasteiger partial charge in [0.15, 0.2) is 0 Å². The van der Waals surface area contributed by atoms with Crippen molar-refractivity contribution in [2.45, 2.75) is 51.1 Å². The van der Waals surface area contributed by atoms with E-state index in [1.165, 1.54) is 24.3 Å². The van der Waals surface area contributed by atoms with Gasteiger partial charge in [-0.15, -0.1) is 0 Å². The first-order chi connectivity index (χ1) is 15.5. The molecule has 0 spiro atoms. The van der Waals surface area contributed by atoms with Gasteiger partial charge < -0.3 is 15.0 Å². The number of rotatable bonds is 7. The highest BCUT2D eigenvalue weighted by molar-refractivity contribution is 6.22. The normalized spacial score (nSPS) is 19.0. The number of anilines is 2. The number of urea groups is 1. The Kier molecular flexibility index (Phi) is 6.39. The van der Waals surface area contributed by atoms with E-state index in [2.05, 4.69) is 5.32 Å². The summed E-state index contributed by atoms with van der Waals surface area (Å²) in [5, 5.41) is 2.79. The Balaban J connectivity index is 1.52. The molecule has 0 bridgehead atoms. The minimum Gasteiger partial charge on any atom is -0.494 e. The Hall–Kier alpha value is -3.42. The van der Waals surface area contributed by atoms with Crippen molar-refractivity contribution in [2.24, 2.45) is 0 Å². The molecule has 32 heavy (non-hydrogen) atoms. The van der Waals surface area contributed by atoms with E-state index in [0.717, 1.165) is 30.6 Å². The molecular weight excluding hydrogens is 413 g/mol. The molecule has 1 N–H and O–H groups in total. The molecule has 2 aromatic carbocycles. The van der Waals surface area contributed by atoms with E-state index in [-0.39, 0.29) is 18.4 Å². The fraction of sp³-hybridized carbons (Fsp3) is 0.375. The molecular formula is C24H26FN3O4. The fourth-order valence-corrected chi connectivity index (χ4v) is 4.41. The summed E-state index contributed by atoms with van der Waals surface area (Å²) in [4.78, 5) is 41.9. The Morgan fingerprint density at radius 1 is 1.06 bits per heavy atom. The minimum absolute atomic E-state index is 0.0832. The number of halogens is 1. The number of carbonyl (C=O) groups is 3. The van der Waals surface area contributed by atoms with E-state index in [1.54, 1.807) is 29.2 Å². The third-order valence-electron chi connectivity index (χ3n) is 5.88. The molecule has 1 atom stereocenters. The van der Waals surface area contributed by atoms with Gasteiger partial charge in [0.25, 0.3) is 5.91 Å². The van der Waals surface area contributed by atoms with Crippen LogP contribution in [-0.2, 0) is 9.59 Å². The van der Waals surface area contributed by atoms with Crippen LogP contribution in [0.15, 0.2) is 48.5 Å². The first-order valence-corrected chi connectivity index (χ1v) is 10.9. The zero-order valence-corrected chi connectivity index (χ0v) is 17.9. The molecule has 7 nitrogen and oxygen atoms in total. The van der Waals surface area contributed by atoms with Crippen molar-refractivity contribution in [3.05, 3.63) is 54.3 Å². The van der Waals surface area contributed by atoms with E-state index in [1.807, 2.05) is 6.92 Å². The van der Waals surface area contributed by atoms with Crippen molar-refractivity contribution in [2.75, 3.05) is 16.8 Å². The highest BCUT2D eigenvalue weighted by atomic mass is 19.1. The molecule has 1 saturated heterocycles. The van der Waals surface area contributed by atoms with Crippen LogP contribution < -0.4 is 15.0 Å². The van der Waals surface area contributed by atoms with Crippen LogP contribution in [0.3, 0.4) is 0 Å². The van der Waals surface area contributed by atoms with E-state index in [0.29, 0.717) is 23.7 Å². The zero-order chi connectivity index (χ0) is 22.7. The predicted octanol–water partition coefficient (Wildman–Crippen LogP) is 4.33. The molecule has 2 fully saturated rings. The Bertz CT molecular complexity index is 987. The van der Waals surface area contributed by atoms with Crippen molar-refractivity contribution >= 4 is 29.2 Å². The molecule has 2 aromatic rings. The van der Waals surface area contributed by atoms with E-state index >= 15 is 0 Å². The smallest absolute Gasteiger partial charge is 0.332 e. The largest absolute Gasteiger partial charge is 0.494 e. The lowest BCUT2D eigenvalue weighted by molar-refractivity contribution is -0.124. The highest BCUT2D eigenvalue weighted by Crippen LogP contribution is 2.34. The molecule has 2 aliphatic rings. The summed E-state index contributed by atoms with van der Waals surface area (Å²) in [6.07, 6.45) is 3.40. The van der Waals surface area contributed by atoms with Gasteiger partial charge in [-0.2, -0.15) is 0 Å². The average Bonchev–Trinajstić information content (AvgIpc) is 3.38. The number of hydrogen-bond acceptors (Lipinski definition) is 4. The highest BCUT2D eigenvalue weighted by Gasteiger charge is 2.49. The number of nitrogens with zero attached hydrogens (tertiary/aromatic N) is 2. The molecule has 0 radical (unpaired) electrons. The number of carbonyl (C=O) groups excluding carboxylic acids is 3. The summed E-state index contributed by atoms with van der Waals surface area (Å²) >= 11 is 0. The molecule has 1 saturated carbocycles. The minimum atomic E-state index is -0.890. The summed E-state index contributed by atoms with van der Waals surface area (Å²) in [7, 11) is 0. The summed E-state index contributed by atoms with van der Waals surface area (Å²) < 4.78 is 18.8. The van der Waals surface area contributed by atoms with Crippen LogP contribution in [0.2, 0.25) is 0 Å². The van der Waals surface area contributed by atoms with Gasteiger partial charge in [-0.05, 0) is 68.3 Å². The van der Waals surface area contributed by atoms with Crippen LogP contribution in [0.4, 0.5) is 20.6 Å². The van der Waals surface area contributed by atoms with Gasteiger partial charge >= 0.3 is 6.03 Å². The van der Waals surface area contributed by atoms with Gasteiger partial charge in [0.2, 0.25) is 5.91 Å². The molecule has 0 aromatic heterocycles. The Labute approximate surface area is 186 Å². The third kappa shape index (κ3) is 4.44. The molecule has 1 aliphatic carbocycles. The number of imide groups is 1.